The van der Waals surface area contributed by atoms with Crippen molar-refractivity contribution in [3.63, 3.8) is 0 Å². The molecule has 0 saturated heterocycles. The lowest BCUT2D eigenvalue weighted by Crippen LogP contribution is -2.14. The van der Waals surface area contributed by atoms with Crippen LogP contribution in [0.1, 0.15) is 15.9 Å². The molecule has 0 fully saturated rings. The highest BCUT2D eigenvalue weighted by atomic mass is 16.4. The van der Waals surface area contributed by atoms with Gasteiger partial charge in [-0.15, -0.1) is 0 Å². The van der Waals surface area contributed by atoms with Crippen LogP contribution in [-0.4, -0.2) is 30.8 Å². The normalized spacial score (nSPS) is 10.8. The fraction of sp³-hybridized carbons (Fsp3) is 0.0769. The fourth-order valence-electron chi connectivity index (χ4n) is 1.95. The molecule has 0 atom stereocenters. The summed E-state index contributed by atoms with van der Waals surface area (Å²) in [6.07, 6.45) is 2.50. The van der Waals surface area contributed by atoms with Crippen LogP contribution in [0.15, 0.2) is 35.4 Å². The van der Waals surface area contributed by atoms with Gasteiger partial charge in [-0.2, -0.15) is 5.10 Å². The Morgan fingerprint density at radius 3 is 2.90 bits per heavy atom. The number of aromatic nitrogens is 4. The van der Waals surface area contributed by atoms with E-state index in [2.05, 4.69) is 15.1 Å². The van der Waals surface area contributed by atoms with Crippen molar-refractivity contribution < 1.29 is 9.90 Å². The van der Waals surface area contributed by atoms with Crippen molar-refractivity contribution >= 4 is 16.9 Å². The molecule has 0 radical (unpaired) electrons. The molecule has 2 heterocycles. The second-order valence-corrected chi connectivity index (χ2v) is 4.34. The summed E-state index contributed by atoms with van der Waals surface area (Å²) in [7, 11) is 0. The molecular weight excluding hydrogens is 260 g/mol. The van der Waals surface area contributed by atoms with Gasteiger partial charge in [0.1, 0.15) is 0 Å². The van der Waals surface area contributed by atoms with Crippen LogP contribution in [-0.2, 0) is 0 Å². The number of aromatic carboxylic acids is 1. The lowest BCUT2D eigenvalue weighted by Gasteiger charge is -2.04. The summed E-state index contributed by atoms with van der Waals surface area (Å²) in [6.45, 7) is 1.85. The number of benzene rings is 1. The van der Waals surface area contributed by atoms with Gasteiger partial charge in [-0.1, -0.05) is 12.1 Å². The predicted octanol–water partition coefficient (Wildman–Crippen LogP) is 1.12. The van der Waals surface area contributed by atoms with Crippen molar-refractivity contribution in [3.05, 3.63) is 52.1 Å². The van der Waals surface area contributed by atoms with E-state index in [4.69, 9.17) is 5.11 Å². The number of H-pyrrole nitrogens is 1. The van der Waals surface area contributed by atoms with Gasteiger partial charge in [-0.3, -0.25) is 9.78 Å². The third kappa shape index (κ3) is 1.85. The average molecular weight is 270 g/mol. The summed E-state index contributed by atoms with van der Waals surface area (Å²) in [4.78, 5) is 29.8. The summed E-state index contributed by atoms with van der Waals surface area (Å²) in [5, 5.41) is 13.2. The van der Waals surface area contributed by atoms with Crippen molar-refractivity contribution in [3.8, 4) is 5.95 Å². The SMILES string of the molecule is Cc1cccc2c(=O)[nH]c(-n3cc(C(=O)O)cn3)nc12. The molecule has 0 aliphatic rings. The second kappa shape index (κ2) is 4.30. The van der Waals surface area contributed by atoms with Crippen molar-refractivity contribution in [1.82, 2.24) is 19.7 Å². The topological polar surface area (TPSA) is 101 Å². The van der Waals surface area contributed by atoms with Crippen LogP contribution >= 0.6 is 0 Å². The van der Waals surface area contributed by atoms with E-state index < -0.39 is 5.97 Å². The summed E-state index contributed by atoms with van der Waals surface area (Å²) in [5.41, 5.74) is 1.16. The maximum absolute atomic E-state index is 12.0. The highest BCUT2D eigenvalue weighted by Crippen LogP contribution is 2.13. The number of carbonyl (C=O) groups is 1. The van der Waals surface area contributed by atoms with Crippen LogP contribution < -0.4 is 5.56 Å². The molecule has 0 unspecified atom stereocenters. The van der Waals surface area contributed by atoms with E-state index in [1.165, 1.54) is 17.1 Å². The highest BCUT2D eigenvalue weighted by Gasteiger charge is 2.11. The van der Waals surface area contributed by atoms with Crippen LogP contribution in [0.5, 0.6) is 0 Å². The Labute approximate surface area is 112 Å². The van der Waals surface area contributed by atoms with E-state index in [-0.39, 0.29) is 17.1 Å². The molecule has 0 spiro atoms. The number of fused-ring (bicyclic) bond motifs is 1. The van der Waals surface area contributed by atoms with Gasteiger partial charge in [0.25, 0.3) is 5.56 Å². The fourth-order valence-corrected chi connectivity index (χ4v) is 1.95. The number of nitrogens with one attached hydrogen (secondary N) is 1. The van der Waals surface area contributed by atoms with E-state index in [9.17, 15) is 9.59 Å². The zero-order valence-corrected chi connectivity index (χ0v) is 10.5. The number of rotatable bonds is 2. The van der Waals surface area contributed by atoms with Gasteiger partial charge in [0.05, 0.1) is 22.7 Å². The van der Waals surface area contributed by atoms with Crippen LogP contribution in [0.2, 0.25) is 0 Å². The number of hydrogen-bond donors (Lipinski definition) is 2. The van der Waals surface area contributed by atoms with Crippen molar-refractivity contribution in [1.29, 1.82) is 0 Å². The van der Waals surface area contributed by atoms with Crippen molar-refractivity contribution in [2.75, 3.05) is 0 Å². The third-order valence-electron chi connectivity index (χ3n) is 2.97. The van der Waals surface area contributed by atoms with Gasteiger partial charge < -0.3 is 5.11 Å². The third-order valence-corrected chi connectivity index (χ3v) is 2.97. The van der Waals surface area contributed by atoms with Crippen molar-refractivity contribution in [2.45, 2.75) is 6.92 Å². The molecule has 2 N–H and O–H groups in total. The molecule has 1 aromatic carbocycles. The maximum Gasteiger partial charge on any atom is 0.338 e. The molecule has 100 valence electrons. The first kappa shape index (κ1) is 12.1. The molecular formula is C13H10N4O3. The first-order valence-electron chi connectivity index (χ1n) is 5.84. The summed E-state index contributed by atoms with van der Waals surface area (Å²) < 4.78 is 1.23. The Morgan fingerprint density at radius 1 is 1.40 bits per heavy atom. The number of para-hydroxylation sites is 1. The summed E-state index contributed by atoms with van der Waals surface area (Å²) in [5.74, 6) is -0.903. The van der Waals surface area contributed by atoms with Crippen LogP contribution in [0.25, 0.3) is 16.9 Å². The molecule has 7 nitrogen and oxygen atoms in total. The van der Waals surface area contributed by atoms with Crippen molar-refractivity contribution in [2.24, 2.45) is 0 Å². The van der Waals surface area contributed by atoms with Gasteiger partial charge in [0, 0.05) is 6.20 Å². The molecule has 3 rings (SSSR count). The average Bonchev–Trinajstić information content (AvgIpc) is 2.89. The number of carboxylic acids is 1. The Bertz CT molecular complexity index is 879. The van der Waals surface area contributed by atoms with E-state index in [1.807, 2.05) is 13.0 Å². The van der Waals surface area contributed by atoms with Crippen LogP contribution in [0.4, 0.5) is 0 Å². The van der Waals surface area contributed by atoms with Gasteiger partial charge in [0.15, 0.2) is 0 Å². The Hall–Kier alpha value is -2.96. The van der Waals surface area contributed by atoms with Gasteiger partial charge in [-0.25, -0.2) is 14.5 Å². The standard InChI is InChI=1S/C13H10N4O3/c1-7-3-2-4-9-10(7)15-13(16-11(9)18)17-6-8(5-14-17)12(19)20/h2-6H,1H3,(H,19,20)(H,15,16,18). The summed E-state index contributed by atoms with van der Waals surface area (Å²) >= 11 is 0. The second-order valence-electron chi connectivity index (χ2n) is 4.34. The van der Waals surface area contributed by atoms with E-state index in [0.717, 1.165) is 5.56 Å². The molecule has 0 amide bonds. The molecule has 2 aromatic heterocycles. The Morgan fingerprint density at radius 2 is 2.20 bits per heavy atom. The molecule has 0 aliphatic carbocycles. The predicted molar refractivity (Wildman–Crippen MR) is 71.2 cm³/mol. The van der Waals surface area contributed by atoms with E-state index >= 15 is 0 Å². The number of aryl methyl sites for hydroxylation is 1. The minimum atomic E-state index is -1.09. The minimum absolute atomic E-state index is 0.0255. The number of carboxylic acid groups (broad SMARTS) is 1. The largest absolute Gasteiger partial charge is 0.478 e. The molecule has 0 saturated carbocycles. The molecule has 7 heteroatoms. The number of hydrogen-bond acceptors (Lipinski definition) is 4. The van der Waals surface area contributed by atoms with E-state index in [1.54, 1.807) is 12.1 Å². The lowest BCUT2D eigenvalue weighted by molar-refractivity contribution is 0.0697. The Balaban J connectivity index is 2.24. The van der Waals surface area contributed by atoms with Crippen LogP contribution in [0.3, 0.4) is 0 Å². The first-order valence-corrected chi connectivity index (χ1v) is 5.84. The molecule has 20 heavy (non-hydrogen) atoms. The molecule has 3 aromatic rings. The van der Waals surface area contributed by atoms with E-state index in [0.29, 0.717) is 10.9 Å². The quantitative estimate of drug-likeness (QED) is 0.726. The molecule has 0 aliphatic heterocycles. The molecule has 0 bridgehead atoms. The Kier molecular flexibility index (Phi) is 2.60. The lowest BCUT2D eigenvalue weighted by atomic mass is 10.1. The smallest absolute Gasteiger partial charge is 0.338 e. The number of nitrogens with zero attached hydrogens (tertiary/aromatic N) is 3. The number of aromatic amines is 1. The first-order chi connectivity index (χ1) is 9.56. The zero-order chi connectivity index (χ0) is 14.3. The van der Waals surface area contributed by atoms with Crippen LogP contribution in [0, 0.1) is 6.92 Å². The monoisotopic (exact) mass is 270 g/mol. The zero-order valence-electron chi connectivity index (χ0n) is 10.5. The van der Waals surface area contributed by atoms with Gasteiger partial charge >= 0.3 is 5.97 Å². The van der Waals surface area contributed by atoms with Gasteiger partial charge in [0.2, 0.25) is 5.95 Å². The highest BCUT2D eigenvalue weighted by molar-refractivity contribution is 5.87. The minimum Gasteiger partial charge on any atom is -0.478 e. The maximum atomic E-state index is 12.0. The summed E-state index contributed by atoms with van der Waals surface area (Å²) in [6, 6.07) is 5.32. The van der Waals surface area contributed by atoms with Gasteiger partial charge in [-0.05, 0) is 18.6 Å².